The van der Waals surface area contributed by atoms with Crippen molar-refractivity contribution in [3.05, 3.63) is 47.2 Å². The molecule has 30 heavy (non-hydrogen) atoms. The first kappa shape index (κ1) is 20.3. The van der Waals surface area contributed by atoms with Gasteiger partial charge in [0.05, 0.1) is 38.9 Å². The van der Waals surface area contributed by atoms with Crippen LogP contribution < -0.4 is 9.47 Å². The quantitative estimate of drug-likeness (QED) is 0.449. The fourth-order valence-electron chi connectivity index (χ4n) is 4.70. The van der Waals surface area contributed by atoms with Crippen LogP contribution in [0.3, 0.4) is 0 Å². The van der Waals surface area contributed by atoms with Gasteiger partial charge in [0, 0.05) is 25.1 Å². The first-order valence-corrected chi connectivity index (χ1v) is 9.81. The smallest absolute Gasteiger partial charge is 0.354 e. The molecule has 3 unspecified atom stereocenters. The van der Waals surface area contributed by atoms with Crippen LogP contribution in [-0.2, 0) is 31.0 Å². The van der Waals surface area contributed by atoms with E-state index in [4.69, 9.17) is 18.9 Å². The van der Waals surface area contributed by atoms with E-state index in [0.29, 0.717) is 37.4 Å². The second-order valence-corrected chi connectivity index (χ2v) is 7.66. The molecule has 1 aliphatic carbocycles. The van der Waals surface area contributed by atoms with Gasteiger partial charge in [0.2, 0.25) is 0 Å². The molecule has 1 N–H and O–H groups in total. The molecule has 0 saturated heterocycles. The summed E-state index contributed by atoms with van der Waals surface area (Å²) in [6, 6.07) is 3.79. The van der Waals surface area contributed by atoms with E-state index in [1.165, 1.54) is 14.2 Å². The van der Waals surface area contributed by atoms with E-state index in [0.717, 1.165) is 17.2 Å². The highest BCUT2D eigenvalue weighted by Gasteiger charge is 2.53. The van der Waals surface area contributed by atoms with Crippen molar-refractivity contribution in [2.75, 3.05) is 27.9 Å². The van der Waals surface area contributed by atoms with Crippen molar-refractivity contribution in [1.82, 2.24) is 4.90 Å². The van der Waals surface area contributed by atoms with Crippen LogP contribution >= 0.6 is 0 Å². The Hall–Kier alpha value is -3.00. The molecule has 1 spiro atoms. The van der Waals surface area contributed by atoms with E-state index in [9.17, 15) is 14.7 Å². The predicted octanol–water partition coefficient (Wildman–Crippen LogP) is 1.45. The van der Waals surface area contributed by atoms with E-state index < -0.39 is 23.5 Å². The van der Waals surface area contributed by atoms with Crippen molar-refractivity contribution in [2.24, 2.45) is 0 Å². The molecule has 2 aliphatic heterocycles. The number of carbonyl (C=O) groups is 2. The van der Waals surface area contributed by atoms with Gasteiger partial charge in [-0.05, 0) is 18.1 Å². The number of aliphatic hydroxyl groups is 1. The predicted molar refractivity (Wildman–Crippen MR) is 106 cm³/mol. The van der Waals surface area contributed by atoms with Crippen LogP contribution in [-0.4, -0.2) is 62.0 Å². The summed E-state index contributed by atoms with van der Waals surface area (Å²) in [6.45, 7) is 0.868. The maximum atomic E-state index is 12.4. The van der Waals surface area contributed by atoms with Crippen LogP contribution in [0.1, 0.15) is 24.0 Å². The highest BCUT2D eigenvalue weighted by molar-refractivity contribution is 5.95. The molecule has 0 saturated carbocycles. The highest BCUT2D eigenvalue weighted by atomic mass is 16.5. The molecule has 0 fully saturated rings. The number of benzene rings is 1. The summed E-state index contributed by atoms with van der Waals surface area (Å²) in [5, 5.41) is 10.2. The van der Waals surface area contributed by atoms with Crippen molar-refractivity contribution >= 4 is 11.9 Å². The second-order valence-electron chi connectivity index (χ2n) is 7.66. The number of esters is 2. The van der Waals surface area contributed by atoms with Gasteiger partial charge in [-0.2, -0.15) is 0 Å². The number of nitrogens with zero attached hydrogens (tertiary/aromatic N) is 1. The van der Waals surface area contributed by atoms with Gasteiger partial charge in [-0.3, -0.25) is 0 Å². The third kappa shape index (κ3) is 3.11. The highest BCUT2D eigenvalue weighted by Crippen LogP contribution is 2.55. The molecule has 8 heteroatoms. The minimum absolute atomic E-state index is 0.141. The largest absolute Gasteiger partial charge is 0.493 e. The molecule has 0 aromatic heterocycles. The van der Waals surface area contributed by atoms with E-state index in [-0.39, 0.29) is 11.8 Å². The van der Waals surface area contributed by atoms with Gasteiger partial charge >= 0.3 is 11.9 Å². The molecule has 3 atom stereocenters. The monoisotopic (exact) mass is 415 g/mol. The number of rotatable bonds is 4. The van der Waals surface area contributed by atoms with Crippen molar-refractivity contribution in [3.8, 4) is 11.5 Å². The van der Waals surface area contributed by atoms with E-state index in [1.54, 1.807) is 13.2 Å². The molecule has 0 radical (unpaired) electrons. The van der Waals surface area contributed by atoms with E-state index in [1.807, 2.05) is 23.1 Å². The summed E-state index contributed by atoms with van der Waals surface area (Å²) in [4.78, 5) is 26.2. The Kier molecular flexibility index (Phi) is 5.19. The van der Waals surface area contributed by atoms with Crippen molar-refractivity contribution in [2.45, 2.75) is 37.0 Å². The van der Waals surface area contributed by atoms with Gasteiger partial charge in [-0.15, -0.1) is 0 Å². The molecule has 2 heterocycles. The van der Waals surface area contributed by atoms with Gasteiger partial charge < -0.3 is 29.0 Å². The Morgan fingerprint density at radius 3 is 2.77 bits per heavy atom. The van der Waals surface area contributed by atoms with Gasteiger partial charge in [0.1, 0.15) is 11.8 Å². The fourth-order valence-corrected chi connectivity index (χ4v) is 4.70. The van der Waals surface area contributed by atoms with Crippen LogP contribution in [0.5, 0.6) is 11.5 Å². The van der Waals surface area contributed by atoms with Crippen molar-refractivity contribution in [1.29, 1.82) is 0 Å². The summed E-state index contributed by atoms with van der Waals surface area (Å²) < 4.78 is 21.4. The summed E-state index contributed by atoms with van der Waals surface area (Å²) in [7, 11) is 4.14. The Bertz CT molecular complexity index is 938. The Balaban J connectivity index is 1.82. The minimum atomic E-state index is -0.626. The average molecular weight is 415 g/mol. The minimum Gasteiger partial charge on any atom is -0.493 e. The fraction of sp³-hybridized carbons (Fsp3) is 0.455. The first-order chi connectivity index (χ1) is 14.4. The zero-order valence-electron chi connectivity index (χ0n) is 17.2. The zero-order chi connectivity index (χ0) is 21.5. The van der Waals surface area contributed by atoms with Crippen molar-refractivity contribution in [3.63, 3.8) is 0 Å². The number of ether oxygens (including phenoxy) is 4. The summed E-state index contributed by atoms with van der Waals surface area (Å²) in [6.07, 6.45) is 5.26. The lowest BCUT2D eigenvalue weighted by Crippen LogP contribution is -2.43. The molecular formula is C22H25NO7. The SMILES string of the molecule is COC(=O)/C=C(\C(=O)OC)N1CCC23C=CC(O)CC2Oc2c(OC)ccc(c23)C1. The van der Waals surface area contributed by atoms with E-state index >= 15 is 0 Å². The molecule has 0 bridgehead atoms. The molecule has 4 rings (SSSR count). The Morgan fingerprint density at radius 1 is 1.27 bits per heavy atom. The van der Waals surface area contributed by atoms with Crippen LogP contribution in [0.4, 0.5) is 0 Å². The molecule has 1 aromatic carbocycles. The molecule has 1 aromatic rings. The number of hydrogen-bond acceptors (Lipinski definition) is 8. The van der Waals surface area contributed by atoms with Crippen molar-refractivity contribution < 1.29 is 33.6 Å². The number of methoxy groups -OCH3 is 3. The van der Waals surface area contributed by atoms with Crippen LogP contribution in [0.25, 0.3) is 0 Å². The van der Waals surface area contributed by atoms with E-state index in [2.05, 4.69) is 0 Å². The van der Waals surface area contributed by atoms with Gasteiger partial charge in [-0.1, -0.05) is 18.2 Å². The van der Waals surface area contributed by atoms with Gasteiger partial charge in [-0.25, -0.2) is 9.59 Å². The third-order valence-electron chi connectivity index (χ3n) is 6.15. The number of carbonyl (C=O) groups excluding carboxylic acids is 2. The Morgan fingerprint density at radius 2 is 2.07 bits per heavy atom. The molecule has 160 valence electrons. The molecule has 8 nitrogen and oxygen atoms in total. The van der Waals surface area contributed by atoms with Crippen LogP contribution in [0, 0.1) is 0 Å². The van der Waals surface area contributed by atoms with Gasteiger partial charge in [0.25, 0.3) is 0 Å². The zero-order valence-corrected chi connectivity index (χ0v) is 17.2. The standard InChI is InChI=1S/C22H25NO7/c1-27-16-5-4-13-12-23(15(21(26)29-3)11-18(25)28-2)9-8-22-7-6-14(24)10-17(22)30-20(16)19(13)22/h4-7,11,14,17,24H,8-10,12H2,1-3H3/b15-11+. The lowest BCUT2D eigenvalue weighted by Gasteiger charge is -2.36. The van der Waals surface area contributed by atoms with Gasteiger partial charge in [0.15, 0.2) is 11.5 Å². The second kappa shape index (κ2) is 7.68. The third-order valence-corrected chi connectivity index (χ3v) is 6.15. The summed E-state index contributed by atoms with van der Waals surface area (Å²) in [5.41, 5.74) is 1.67. The number of aliphatic hydroxyl groups excluding tert-OH is 1. The topological polar surface area (TPSA) is 94.5 Å². The normalized spacial score (nSPS) is 26.8. The molecular weight excluding hydrogens is 390 g/mol. The lowest BCUT2D eigenvalue weighted by atomic mass is 9.69. The Labute approximate surface area is 174 Å². The maximum absolute atomic E-state index is 12.4. The molecule has 3 aliphatic rings. The maximum Gasteiger partial charge on any atom is 0.354 e. The summed E-state index contributed by atoms with van der Waals surface area (Å²) >= 11 is 0. The van der Waals surface area contributed by atoms with Crippen LogP contribution in [0.15, 0.2) is 36.1 Å². The average Bonchev–Trinajstić information content (AvgIpc) is 2.99. The summed E-state index contributed by atoms with van der Waals surface area (Å²) in [5.74, 6) is 0.0828. The first-order valence-electron chi connectivity index (χ1n) is 9.81. The number of hydrogen-bond donors (Lipinski definition) is 1. The molecule has 0 amide bonds. The lowest BCUT2D eigenvalue weighted by molar-refractivity contribution is -0.140. The van der Waals surface area contributed by atoms with Crippen LogP contribution in [0.2, 0.25) is 0 Å².